The SMILES string of the molecule is OCc1cc(O)c(F)nc1C(F)F. The van der Waals surface area contributed by atoms with Gasteiger partial charge in [0.05, 0.1) is 6.61 Å². The fraction of sp³-hybridized carbons (Fsp3) is 0.286. The van der Waals surface area contributed by atoms with Crippen LogP contribution >= 0.6 is 0 Å². The van der Waals surface area contributed by atoms with E-state index in [9.17, 15) is 13.2 Å². The van der Waals surface area contributed by atoms with Crippen molar-refractivity contribution in [1.29, 1.82) is 0 Å². The highest BCUT2D eigenvalue weighted by Gasteiger charge is 2.17. The minimum absolute atomic E-state index is 0.283. The standard InChI is InChI=1S/C7H6F3NO2/c8-6(9)5-3(2-12)1-4(13)7(10)11-5/h1,6,12-13H,2H2. The first kappa shape index (κ1) is 9.79. The van der Waals surface area contributed by atoms with Gasteiger partial charge in [-0.15, -0.1) is 0 Å². The van der Waals surface area contributed by atoms with E-state index in [0.29, 0.717) is 0 Å². The van der Waals surface area contributed by atoms with Crippen molar-refractivity contribution in [2.24, 2.45) is 0 Å². The number of aromatic nitrogens is 1. The summed E-state index contributed by atoms with van der Waals surface area (Å²) in [4.78, 5) is 2.82. The monoisotopic (exact) mass is 193 g/mol. The molecule has 2 N–H and O–H groups in total. The molecule has 0 bridgehead atoms. The van der Waals surface area contributed by atoms with Gasteiger partial charge >= 0.3 is 0 Å². The van der Waals surface area contributed by atoms with E-state index in [1.807, 2.05) is 0 Å². The van der Waals surface area contributed by atoms with Gasteiger partial charge in [-0.25, -0.2) is 13.8 Å². The molecule has 0 amide bonds. The molecule has 13 heavy (non-hydrogen) atoms. The first-order chi connectivity index (χ1) is 6.06. The van der Waals surface area contributed by atoms with Crippen molar-refractivity contribution in [3.63, 3.8) is 0 Å². The third kappa shape index (κ3) is 1.89. The van der Waals surface area contributed by atoms with Gasteiger partial charge in [-0.05, 0) is 6.07 Å². The van der Waals surface area contributed by atoms with Gasteiger partial charge in [-0.3, -0.25) is 0 Å². The van der Waals surface area contributed by atoms with Gasteiger partial charge < -0.3 is 10.2 Å². The maximum atomic E-state index is 12.5. The van der Waals surface area contributed by atoms with Crippen molar-refractivity contribution < 1.29 is 23.4 Å². The Morgan fingerprint density at radius 2 is 2.08 bits per heavy atom. The molecule has 0 saturated heterocycles. The predicted molar refractivity (Wildman–Crippen MR) is 36.7 cm³/mol. The van der Waals surface area contributed by atoms with E-state index >= 15 is 0 Å². The summed E-state index contributed by atoms with van der Waals surface area (Å²) in [5, 5.41) is 17.3. The number of halogens is 3. The highest BCUT2D eigenvalue weighted by molar-refractivity contribution is 5.29. The second-order valence-electron chi connectivity index (χ2n) is 2.30. The van der Waals surface area contributed by atoms with Crippen LogP contribution in [0.1, 0.15) is 17.7 Å². The molecule has 0 aliphatic carbocycles. The Balaban J connectivity index is 3.25. The lowest BCUT2D eigenvalue weighted by molar-refractivity contribution is 0.139. The average Bonchev–Trinajstić information content (AvgIpc) is 2.08. The van der Waals surface area contributed by atoms with Crippen LogP contribution < -0.4 is 0 Å². The van der Waals surface area contributed by atoms with Crippen molar-refractivity contribution in [3.05, 3.63) is 23.3 Å². The van der Waals surface area contributed by atoms with Gasteiger partial charge in [-0.1, -0.05) is 0 Å². The van der Waals surface area contributed by atoms with Crippen LogP contribution in [-0.2, 0) is 6.61 Å². The Kier molecular flexibility index (Phi) is 2.72. The normalized spacial score (nSPS) is 10.8. The molecule has 0 atom stereocenters. The molecule has 0 saturated carbocycles. The Hall–Kier alpha value is -1.30. The maximum Gasteiger partial charge on any atom is 0.280 e. The quantitative estimate of drug-likeness (QED) is 0.697. The summed E-state index contributed by atoms with van der Waals surface area (Å²) < 4.78 is 36.7. The maximum absolute atomic E-state index is 12.5. The lowest BCUT2D eigenvalue weighted by Crippen LogP contribution is -2.00. The highest BCUT2D eigenvalue weighted by Crippen LogP contribution is 2.25. The summed E-state index contributed by atoms with van der Waals surface area (Å²) in [6.07, 6.45) is -2.97. The molecule has 0 aliphatic heterocycles. The van der Waals surface area contributed by atoms with E-state index in [1.165, 1.54) is 0 Å². The molecule has 0 fully saturated rings. The number of aromatic hydroxyl groups is 1. The molecular weight excluding hydrogens is 187 g/mol. The van der Waals surface area contributed by atoms with Crippen LogP contribution in [0.5, 0.6) is 5.75 Å². The van der Waals surface area contributed by atoms with E-state index in [2.05, 4.69) is 4.98 Å². The number of hydrogen-bond acceptors (Lipinski definition) is 3. The Morgan fingerprint density at radius 3 is 2.54 bits per heavy atom. The minimum Gasteiger partial charge on any atom is -0.504 e. The molecular formula is C7H6F3NO2. The topological polar surface area (TPSA) is 53.4 Å². The smallest absolute Gasteiger partial charge is 0.280 e. The van der Waals surface area contributed by atoms with Gasteiger partial charge in [-0.2, -0.15) is 4.39 Å². The summed E-state index contributed by atoms with van der Waals surface area (Å²) in [6, 6.07) is 0.726. The van der Waals surface area contributed by atoms with Crippen LogP contribution in [0.4, 0.5) is 13.2 Å². The van der Waals surface area contributed by atoms with Crippen LogP contribution in [0.3, 0.4) is 0 Å². The molecule has 1 heterocycles. The zero-order valence-electron chi connectivity index (χ0n) is 6.34. The molecule has 0 spiro atoms. The fourth-order valence-electron chi connectivity index (χ4n) is 0.849. The van der Waals surface area contributed by atoms with E-state index in [1.54, 1.807) is 0 Å². The van der Waals surface area contributed by atoms with Crippen LogP contribution in [0, 0.1) is 5.95 Å². The zero-order chi connectivity index (χ0) is 10.0. The number of alkyl halides is 2. The Morgan fingerprint density at radius 1 is 1.46 bits per heavy atom. The number of hydrogen-bond donors (Lipinski definition) is 2. The second-order valence-corrected chi connectivity index (χ2v) is 2.30. The molecule has 72 valence electrons. The van der Waals surface area contributed by atoms with E-state index in [0.717, 1.165) is 6.07 Å². The molecule has 0 aliphatic rings. The average molecular weight is 193 g/mol. The number of aliphatic hydroxyl groups is 1. The minimum atomic E-state index is -2.97. The van der Waals surface area contributed by atoms with E-state index < -0.39 is 30.4 Å². The fourth-order valence-corrected chi connectivity index (χ4v) is 0.849. The van der Waals surface area contributed by atoms with Gasteiger partial charge in [0.1, 0.15) is 5.69 Å². The lowest BCUT2D eigenvalue weighted by Gasteiger charge is -2.05. The third-order valence-electron chi connectivity index (χ3n) is 1.45. The summed E-state index contributed by atoms with van der Waals surface area (Å²) in [5.41, 5.74) is -1.13. The van der Waals surface area contributed by atoms with Crippen molar-refractivity contribution in [2.45, 2.75) is 13.0 Å². The van der Waals surface area contributed by atoms with E-state index in [-0.39, 0.29) is 5.56 Å². The first-order valence-corrected chi connectivity index (χ1v) is 3.33. The summed E-state index contributed by atoms with van der Waals surface area (Å²) in [6.45, 7) is -0.722. The van der Waals surface area contributed by atoms with Gasteiger partial charge in [0.15, 0.2) is 5.75 Å². The number of nitrogens with zero attached hydrogens (tertiary/aromatic N) is 1. The third-order valence-corrected chi connectivity index (χ3v) is 1.45. The number of rotatable bonds is 2. The van der Waals surface area contributed by atoms with Crippen molar-refractivity contribution >= 4 is 0 Å². The van der Waals surface area contributed by atoms with Crippen LogP contribution in [-0.4, -0.2) is 15.2 Å². The molecule has 0 aromatic carbocycles. The molecule has 1 aromatic heterocycles. The number of pyridine rings is 1. The summed E-state index contributed by atoms with van der Waals surface area (Å²) >= 11 is 0. The van der Waals surface area contributed by atoms with Gasteiger partial charge in [0.25, 0.3) is 12.4 Å². The van der Waals surface area contributed by atoms with Crippen molar-refractivity contribution in [1.82, 2.24) is 4.98 Å². The van der Waals surface area contributed by atoms with Crippen LogP contribution in [0.25, 0.3) is 0 Å². The Bertz CT molecular complexity index is 317. The molecule has 1 aromatic rings. The molecule has 0 unspecified atom stereocenters. The number of aliphatic hydroxyl groups excluding tert-OH is 1. The lowest BCUT2D eigenvalue weighted by atomic mass is 10.2. The molecule has 6 heteroatoms. The molecule has 1 rings (SSSR count). The summed E-state index contributed by atoms with van der Waals surface area (Å²) in [5.74, 6) is -2.22. The zero-order valence-corrected chi connectivity index (χ0v) is 6.34. The largest absolute Gasteiger partial charge is 0.504 e. The van der Waals surface area contributed by atoms with Gasteiger partial charge in [0.2, 0.25) is 0 Å². The predicted octanol–water partition coefficient (Wildman–Crippen LogP) is 1.36. The van der Waals surface area contributed by atoms with Gasteiger partial charge in [0, 0.05) is 5.56 Å². The summed E-state index contributed by atoms with van der Waals surface area (Å²) in [7, 11) is 0. The van der Waals surface area contributed by atoms with Crippen molar-refractivity contribution in [2.75, 3.05) is 0 Å². The Labute approximate surface area is 71.5 Å². The van der Waals surface area contributed by atoms with Crippen molar-refractivity contribution in [3.8, 4) is 5.75 Å². The second kappa shape index (κ2) is 3.61. The molecule has 3 nitrogen and oxygen atoms in total. The van der Waals surface area contributed by atoms with Crippen LogP contribution in [0.2, 0.25) is 0 Å². The first-order valence-electron chi connectivity index (χ1n) is 3.33. The van der Waals surface area contributed by atoms with Crippen LogP contribution in [0.15, 0.2) is 6.07 Å². The highest BCUT2D eigenvalue weighted by atomic mass is 19.3. The molecule has 0 radical (unpaired) electrons. The van der Waals surface area contributed by atoms with E-state index in [4.69, 9.17) is 10.2 Å².